The molecule has 1 heterocycles. The lowest BCUT2D eigenvalue weighted by atomic mass is 10.2. The fourth-order valence-corrected chi connectivity index (χ4v) is 1.51. The number of amides is 1. The van der Waals surface area contributed by atoms with Crippen molar-refractivity contribution in [1.82, 2.24) is 14.7 Å². The molecule has 1 aromatic heterocycles. The van der Waals surface area contributed by atoms with Crippen LogP contribution in [0, 0.1) is 0 Å². The maximum atomic E-state index is 12.0. The first-order valence-electron chi connectivity index (χ1n) is 5.61. The molecule has 5 heteroatoms. The molecule has 90 valence electrons. The van der Waals surface area contributed by atoms with Gasteiger partial charge in [-0.2, -0.15) is 5.10 Å². The summed E-state index contributed by atoms with van der Waals surface area (Å²) in [6.45, 7) is 4.73. The van der Waals surface area contributed by atoms with Crippen molar-refractivity contribution in [3.63, 3.8) is 0 Å². The predicted molar refractivity (Wildman–Crippen MR) is 63.9 cm³/mol. The predicted octanol–water partition coefficient (Wildman–Crippen LogP) is 1.28. The number of nitrogen functional groups attached to an aromatic ring is 1. The van der Waals surface area contributed by atoms with Crippen molar-refractivity contribution in [3.05, 3.63) is 12.3 Å². The van der Waals surface area contributed by atoms with E-state index < -0.39 is 0 Å². The van der Waals surface area contributed by atoms with Gasteiger partial charge in [-0.1, -0.05) is 13.3 Å². The van der Waals surface area contributed by atoms with Crippen LogP contribution < -0.4 is 5.73 Å². The summed E-state index contributed by atoms with van der Waals surface area (Å²) < 4.78 is 1.60. The summed E-state index contributed by atoms with van der Waals surface area (Å²) in [5.74, 6) is 0.507. The summed E-state index contributed by atoms with van der Waals surface area (Å²) in [4.78, 5) is 13.7. The van der Waals surface area contributed by atoms with Crippen LogP contribution in [0.1, 0.15) is 32.7 Å². The highest BCUT2D eigenvalue weighted by Crippen LogP contribution is 2.10. The van der Waals surface area contributed by atoms with Gasteiger partial charge in [0.25, 0.3) is 0 Å². The highest BCUT2D eigenvalue weighted by atomic mass is 16.2. The Morgan fingerprint density at radius 2 is 2.38 bits per heavy atom. The van der Waals surface area contributed by atoms with Crippen molar-refractivity contribution in [1.29, 1.82) is 0 Å². The van der Waals surface area contributed by atoms with Crippen LogP contribution in [-0.4, -0.2) is 34.2 Å². The van der Waals surface area contributed by atoms with Gasteiger partial charge in [0.2, 0.25) is 5.91 Å². The second-order valence-corrected chi connectivity index (χ2v) is 4.01. The van der Waals surface area contributed by atoms with Gasteiger partial charge >= 0.3 is 0 Å². The molecule has 1 unspecified atom stereocenters. The molecule has 2 N–H and O–H groups in total. The van der Waals surface area contributed by atoms with E-state index in [-0.39, 0.29) is 11.9 Å². The van der Waals surface area contributed by atoms with Crippen LogP contribution in [0.25, 0.3) is 0 Å². The minimum absolute atomic E-state index is 0.0663. The Labute approximate surface area is 96.2 Å². The standard InChI is InChI=1S/C11H20N4O/c1-4-5-7-14(3)11(16)9(2)15-8-6-10(12)13-15/h6,8-9H,4-5,7H2,1-3H3,(H2,12,13). The van der Waals surface area contributed by atoms with Crippen LogP contribution in [0.2, 0.25) is 0 Å². The molecular weight excluding hydrogens is 204 g/mol. The van der Waals surface area contributed by atoms with Crippen molar-refractivity contribution < 1.29 is 4.79 Å². The average molecular weight is 224 g/mol. The Morgan fingerprint density at radius 1 is 1.69 bits per heavy atom. The summed E-state index contributed by atoms with van der Waals surface area (Å²) >= 11 is 0. The molecule has 5 nitrogen and oxygen atoms in total. The van der Waals surface area contributed by atoms with Gasteiger partial charge in [-0.25, -0.2) is 0 Å². The number of carbonyl (C=O) groups excluding carboxylic acids is 1. The van der Waals surface area contributed by atoms with Crippen molar-refractivity contribution in [2.75, 3.05) is 19.3 Å². The number of aromatic nitrogens is 2. The zero-order valence-electron chi connectivity index (χ0n) is 10.2. The van der Waals surface area contributed by atoms with Gasteiger partial charge in [-0.15, -0.1) is 0 Å². The van der Waals surface area contributed by atoms with Gasteiger partial charge in [0, 0.05) is 19.8 Å². The zero-order chi connectivity index (χ0) is 12.1. The number of carbonyl (C=O) groups is 1. The molecule has 0 aliphatic carbocycles. The number of hydrogen-bond acceptors (Lipinski definition) is 3. The molecule has 1 amide bonds. The number of nitrogens with two attached hydrogens (primary N) is 1. The smallest absolute Gasteiger partial charge is 0.246 e. The molecule has 0 radical (unpaired) electrons. The quantitative estimate of drug-likeness (QED) is 0.819. The van der Waals surface area contributed by atoms with E-state index in [9.17, 15) is 4.79 Å². The summed E-state index contributed by atoms with van der Waals surface area (Å²) in [6.07, 6.45) is 3.84. The van der Waals surface area contributed by atoms with Crippen molar-refractivity contribution >= 4 is 11.7 Å². The van der Waals surface area contributed by atoms with Crippen molar-refractivity contribution in [2.45, 2.75) is 32.7 Å². The summed E-state index contributed by atoms with van der Waals surface area (Å²) in [7, 11) is 1.82. The van der Waals surface area contributed by atoms with Crippen LogP contribution in [0.15, 0.2) is 12.3 Å². The molecule has 0 aliphatic rings. The highest BCUT2D eigenvalue weighted by Gasteiger charge is 2.19. The summed E-state index contributed by atoms with van der Waals surface area (Å²) in [6, 6.07) is 1.40. The molecular formula is C11H20N4O. The van der Waals surface area contributed by atoms with Gasteiger partial charge < -0.3 is 10.6 Å². The molecule has 1 aromatic rings. The normalized spacial score (nSPS) is 12.4. The van der Waals surface area contributed by atoms with E-state index in [1.807, 2.05) is 14.0 Å². The average Bonchev–Trinajstić information content (AvgIpc) is 2.70. The van der Waals surface area contributed by atoms with Crippen LogP contribution >= 0.6 is 0 Å². The maximum Gasteiger partial charge on any atom is 0.246 e. The summed E-state index contributed by atoms with van der Waals surface area (Å²) in [5.41, 5.74) is 5.52. The fraction of sp³-hybridized carbons (Fsp3) is 0.636. The second kappa shape index (κ2) is 5.53. The van der Waals surface area contributed by atoms with E-state index in [1.165, 1.54) is 0 Å². The van der Waals surface area contributed by atoms with Gasteiger partial charge in [-0.05, 0) is 19.4 Å². The number of unbranched alkanes of at least 4 members (excludes halogenated alkanes) is 1. The van der Waals surface area contributed by atoms with E-state index in [1.54, 1.807) is 21.8 Å². The van der Waals surface area contributed by atoms with Crippen LogP contribution in [0.3, 0.4) is 0 Å². The highest BCUT2D eigenvalue weighted by molar-refractivity contribution is 5.79. The fourth-order valence-electron chi connectivity index (χ4n) is 1.51. The molecule has 1 rings (SSSR count). The SMILES string of the molecule is CCCCN(C)C(=O)C(C)n1ccc(N)n1. The molecule has 0 fully saturated rings. The van der Waals surface area contributed by atoms with E-state index in [2.05, 4.69) is 12.0 Å². The van der Waals surface area contributed by atoms with Crippen molar-refractivity contribution in [3.8, 4) is 0 Å². The van der Waals surface area contributed by atoms with Gasteiger partial charge in [-0.3, -0.25) is 9.48 Å². The number of rotatable bonds is 5. The first-order chi connectivity index (χ1) is 7.56. The third kappa shape index (κ3) is 2.98. The Hall–Kier alpha value is -1.52. The lowest BCUT2D eigenvalue weighted by molar-refractivity contribution is -0.133. The Bertz CT molecular complexity index is 348. The molecule has 0 aliphatic heterocycles. The summed E-state index contributed by atoms with van der Waals surface area (Å²) in [5, 5.41) is 4.04. The van der Waals surface area contributed by atoms with Gasteiger partial charge in [0.15, 0.2) is 0 Å². The molecule has 0 bridgehead atoms. The van der Waals surface area contributed by atoms with Crippen LogP contribution in [-0.2, 0) is 4.79 Å². The number of anilines is 1. The Kier molecular flexibility index (Phi) is 4.34. The van der Waals surface area contributed by atoms with E-state index >= 15 is 0 Å². The molecule has 0 saturated heterocycles. The van der Waals surface area contributed by atoms with E-state index in [0.717, 1.165) is 19.4 Å². The Balaban J connectivity index is 2.59. The van der Waals surface area contributed by atoms with Crippen LogP contribution in [0.4, 0.5) is 5.82 Å². The van der Waals surface area contributed by atoms with E-state index in [0.29, 0.717) is 5.82 Å². The van der Waals surface area contributed by atoms with Crippen LogP contribution in [0.5, 0.6) is 0 Å². The lowest BCUT2D eigenvalue weighted by Crippen LogP contribution is -2.34. The topological polar surface area (TPSA) is 64.2 Å². The molecule has 0 saturated carbocycles. The lowest BCUT2D eigenvalue weighted by Gasteiger charge is -2.21. The minimum Gasteiger partial charge on any atom is -0.382 e. The number of likely N-dealkylation sites (N-methyl/N-ethyl adjacent to an activating group) is 1. The molecule has 16 heavy (non-hydrogen) atoms. The second-order valence-electron chi connectivity index (χ2n) is 4.01. The molecule has 0 aromatic carbocycles. The third-order valence-corrected chi connectivity index (χ3v) is 2.61. The van der Waals surface area contributed by atoms with E-state index in [4.69, 9.17) is 5.73 Å². The largest absolute Gasteiger partial charge is 0.382 e. The first-order valence-corrected chi connectivity index (χ1v) is 5.61. The molecule has 0 spiro atoms. The number of hydrogen-bond donors (Lipinski definition) is 1. The number of nitrogens with zero attached hydrogens (tertiary/aromatic N) is 3. The Morgan fingerprint density at radius 3 is 2.88 bits per heavy atom. The first kappa shape index (κ1) is 12.5. The maximum absolute atomic E-state index is 12.0. The minimum atomic E-state index is -0.292. The van der Waals surface area contributed by atoms with Gasteiger partial charge in [0.05, 0.1) is 0 Å². The van der Waals surface area contributed by atoms with Gasteiger partial charge in [0.1, 0.15) is 11.9 Å². The van der Waals surface area contributed by atoms with Crippen molar-refractivity contribution in [2.24, 2.45) is 0 Å². The molecule has 1 atom stereocenters. The third-order valence-electron chi connectivity index (χ3n) is 2.61. The monoisotopic (exact) mass is 224 g/mol. The zero-order valence-corrected chi connectivity index (χ0v) is 10.2.